The molecule has 6 heteroatoms. The van der Waals surface area contributed by atoms with Crippen LogP contribution in [-0.4, -0.2) is 48.8 Å². The van der Waals surface area contributed by atoms with E-state index < -0.39 is 0 Å². The zero-order chi connectivity index (χ0) is 13.3. The lowest BCUT2D eigenvalue weighted by Gasteiger charge is -2.21. The van der Waals surface area contributed by atoms with E-state index in [2.05, 4.69) is 10.6 Å². The molecule has 0 atom stereocenters. The number of amides is 3. The topological polar surface area (TPSA) is 78.5 Å². The Morgan fingerprint density at radius 1 is 0.882 bits per heavy atom. The van der Waals surface area contributed by atoms with Crippen LogP contribution in [0.5, 0.6) is 0 Å². The fraction of sp³-hybridized carbons (Fsp3) is 0.727. The fourth-order valence-electron chi connectivity index (χ4n) is 1.33. The standard InChI is InChI=1S/C11H21N3O3/c1-9(15)12-5-4-7-14(11(3)17)8-6-13-10(2)16/h4-8H2,1-3H3,(H,12,15)(H,13,16). The minimum Gasteiger partial charge on any atom is -0.356 e. The van der Waals surface area contributed by atoms with Crippen LogP contribution in [0, 0.1) is 0 Å². The van der Waals surface area contributed by atoms with Gasteiger partial charge >= 0.3 is 0 Å². The molecule has 3 amide bonds. The molecule has 2 N–H and O–H groups in total. The van der Waals surface area contributed by atoms with Crippen molar-refractivity contribution in [2.45, 2.75) is 27.2 Å². The number of hydrogen-bond donors (Lipinski definition) is 2. The third kappa shape index (κ3) is 9.35. The van der Waals surface area contributed by atoms with E-state index in [1.54, 1.807) is 4.90 Å². The lowest BCUT2D eigenvalue weighted by molar-refractivity contribution is -0.129. The third-order valence-electron chi connectivity index (χ3n) is 2.18. The van der Waals surface area contributed by atoms with Gasteiger partial charge in [-0.15, -0.1) is 0 Å². The Balaban J connectivity index is 3.79. The fourth-order valence-corrected chi connectivity index (χ4v) is 1.33. The summed E-state index contributed by atoms with van der Waals surface area (Å²) in [6.45, 7) is 6.47. The van der Waals surface area contributed by atoms with Gasteiger partial charge in [-0.05, 0) is 6.42 Å². The molecule has 0 saturated heterocycles. The second-order valence-electron chi connectivity index (χ2n) is 3.83. The maximum atomic E-state index is 11.3. The molecule has 0 aliphatic carbocycles. The van der Waals surface area contributed by atoms with Crippen molar-refractivity contribution in [2.24, 2.45) is 0 Å². The number of carbonyl (C=O) groups excluding carboxylic acids is 3. The van der Waals surface area contributed by atoms with Gasteiger partial charge in [0.2, 0.25) is 17.7 Å². The molecule has 98 valence electrons. The molecule has 0 bridgehead atoms. The number of carbonyl (C=O) groups is 3. The third-order valence-corrected chi connectivity index (χ3v) is 2.18. The van der Waals surface area contributed by atoms with Gasteiger partial charge in [0.25, 0.3) is 0 Å². The van der Waals surface area contributed by atoms with Crippen LogP contribution in [0.2, 0.25) is 0 Å². The van der Waals surface area contributed by atoms with E-state index in [1.807, 2.05) is 0 Å². The SMILES string of the molecule is CC(=O)NCCCN(CCNC(C)=O)C(C)=O. The Hall–Kier alpha value is -1.59. The normalized spacial score (nSPS) is 9.59. The summed E-state index contributed by atoms with van der Waals surface area (Å²) in [5.41, 5.74) is 0. The number of nitrogens with one attached hydrogen (secondary N) is 2. The molecular weight excluding hydrogens is 222 g/mol. The van der Waals surface area contributed by atoms with Gasteiger partial charge in [-0.2, -0.15) is 0 Å². The molecule has 0 aliphatic heterocycles. The van der Waals surface area contributed by atoms with Crippen LogP contribution < -0.4 is 10.6 Å². The molecule has 0 heterocycles. The Morgan fingerprint density at radius 2 is 1.41 bits per heavy atom. The summed E-state index contributed by atoms with van der Waals surface area (Å²) in [4.78, 5) is 34.2. The van der Waals surface area contributed by atoms with Crippen LogP contribution in [0.1, 0.15) is 27.2 Å². The molecule has 0 aromatic heterocycles. The summed E-state index contributed by atoms with van der Waals surface area (Å²) in [5, 5.41) is 5.30. The summed E-state index contributed by atoms with van der Waals surface area (Å²) in [6.07, 6.45) is 0.708. The highest BCUT2D eigenvalue weighted by atomic mass is 16.2. The number of nitrogens with zero attached hydrogens (tertiary/aromatic N) is 1. The lowest BCUT2D eigenvalue weighted by atomic mass is 10.3. The molecule has 0 aliphatic rings. The summed E-state index contributed by atoms with van der Waals surface area (Å²) in [7, 11) is 0. The highest BCUT2D eigenvalue weighted by Gasteiger charge is 2.07. The van der Waals surface area contributed by atoms with Crippen molar-refractivity contribution < 1.29 is 14.4 Å². The van der Waals surface area contributed by atoms with Crippen LogP contribution in [-0.2, 0) is 14.4 Å². The summed E-state index contributed by atoms with van der Waals surface area (Å²) < 4.78 is 0. The molecule has 17 heavy (non-hydrogen) atoms. The minimum absolute atomic E-state index is 0.0295. The van der Waals surface area contributed by atoms with Crippen molar-refractivity contribution in [3.05, 3.63) is 0 Å². The van der Waals surface area contributed by atoms with E-state index >= 15 is 0 Å². The molecule has 0 fully saturated rings. The predicted molar refractivity (Wildman–Crippen MR) is 64.2 cm³/mol. The average Bonchev–Trinajstić information content (AvgIpc) is 2.20. The van der Waals surface area contributed by atoms with Gasteiger partial charge in [0.1, 0.15) is 0 Å². The van der Waals surface area contributed by atoms with Gasteiger partial charge in [0.15, 0.2) is 0 Å². The van der Waals surface area contributed by atoms with Crippen molar-refractivity contribution in [1.29, 1.82) is 0 Å². The molecule has 0 rings (SSSR count). The first-order valence-electron chi connectivity index (χ1n) is 5.68. The first-order chi connectivity index (χ1) is 7.93. The van der Waals surface area contributed by atoms with Crippen molar-refractivity contribution in [2.75, 3.05) is 26.2 Å². The van der Waals surface area contributed by atoms with Gasteiger partial charge in [-0.1, -0.05) is 0 Å². The average molecular weight is 243 g/mol. The largest absolute Gasteiger partial charge is 0.356 e. The first-order valence-corrected chi connectivity index (χ1v) is 5.68. The van der Waals surface area contributed by atoms with Crippen molar-refractivity contribution in [3.8, 4) is 0 Å². The molecule has 0 unspecified atom stereocenters. The Bertz CT molecular complexity index is 279. The van der Waals surface area contributed by atoms with Crippen LogP contribution in [0.25, 0.3) is 0 Å². The van der Waals surface area contributed by atoms with E-state index in [0.717, 1.165) is 0 Å². The first kappa shape index (κ1) is 15.4. The quantitative estimate of drug-likeness (QED) is 0.592. The van der Waals surface area contributed by atoms with Crippen LogP contribution in [0.3, 0.4) is 0 Å². The van der Waals surface area contributed by atoms with E-state index in [1.165, 1.54) is 20.8 Å². The zero-order valence-corrected chi connectivity index (χ0v) is 10.7. The molecule has 6 nitrogen and oxygen atoms in total. The van der Waals surface area contributed by atoms with Crippen molar-refractivity contribution >= 4 is 17.7 Å². The highest BCUT2D eigenvalue weighted by molar-refractivity contribution is 5.74. The predicted octanol–water partition coefficient (Wildman–Crippen LogP) is -0.503. The van der Waals surface area contributed by atoms with E-state index in [9.17, 15) is 14.4 Å². The van der Waals surface area contributed by atoms with Crippen LogP contribution in [0.15, 0.2) is 0 Å². The Labute approximate surface area is 102 Å². The van der Waals surface area contributed by atoms with Crippen LogP contribution in [0.4, 0.5) is 0 Å². The zero-order valence-electron chi connectivity index (χ0n) is 10.7. The molecular formula is C11H21N3O3. The summed E-state index contributed by atoms with van der Waals surface area (Å²) >= 11 is 0. The van der Waals surface area contributed by atoms with E-state index in [4.69, 9.17) is 0 Å². The van der Waals surface area contributed by atoms with E-state index in [0.29, 0.717) is 32.6 Å². The summed E-state index contributed by atoms with van der Waals surface area (Å²) in [5.74, 6) is -0.206. The maximum Gasteiger partial charge on any atom is 0.219 e. The molecule has 0 spiro atoms. The minimum atomic E-state index is -0.105. The maximum absolute atomic E-state index is 11.3. The van der Waals surface area contributed by atoms with Gasteiger partial charge < -0.3 is 15.5 Å². The smallest absolute Gasteiger partial charge is 0.219 e. The molecule has 0 radical (unpaired) electrons. The lowest BCUT2D eigenvalue weighted by Crippen LogP contribution is -2.38. The van der Waals surface area contributed by atoms with Crippen LogP contribution >= 0.6 is 0 Å². The Morgan fingerprint density at radius 3 is 1.88 bits per heavy atom. The second kappa shape index (κ2) is 8.55. The highest BCUT2D eigenvalue weighted by Crippen LogP contribution is 1.91. The van der Waals surface area contributed by atoms with Gasteiger partial charge in [-0.3, -0.25) is 14.4 Å². The molecule has 0 aromatic rings. The number of rotatable bonds is 7. The van der Waals surface area contributed by atoms with E-state index in [-0.39, 0.29) is 17.7 Å². The van der Waals surface area contributed by atoms with Crippen molar-refractivity contribution in [3.63, 3.8) is 0 Å². The number of hydrogen-bond acceptors (Lipinski definition) is 3. The molecule has 0 aromatic carbocycles. The Kier molecular flexibility index (Phi) is 7.75. The van der Waals surface area contributed by atoms with Gasteiger partial charge in [0, 0.05) is 47.0 Å². The summed E-state index contributed by atoms with van der Waals surface area (Å²) in [6, 6.07) is 0. The molecule has 0 saturated carbocycles. The monoisotopic (exact) mass is 243 g/mol. The van der Waals surface area contributed by atoms with Crippen molar-refractivity contribution in [1.82, 2.24) is 15.5 Å². The second-order valence-corrected chi connectivity index (χ2v) is 3.83. The van der Waals surface area contributed by atoms with Gasteiger partial charge in [0.05, 0.1) is 0 Å². The van der Waals surface area contributed by atoms with Gasteiger partial charge in [-0.25, -0.2) is 0 Å².